The number of benzene rings is 1. The Morgan fingerprint density at radius 2 is 1.82 bits per heavy atom. The average Bonchev–Trinajstić information content (AvgIpc) is 2.73. The van der Waals surface area contributed by atoms with Crippen LogP contribution in [-0.4, -0.2) is 51.3 Å². The van der Waals surface area contributed by atoms with E-state index in [1.54, 1.807) is 6.07 Å². The Kier molecular flexibility index (Phi) is 6.72. The number of carbonyl (C=O) groups is 2. The van der Waals surface area contributed by atoms with Crippen LogP contribution in [0.5, 0.6) is 0 Å². The highest BCUT2D eigenvalue weighted by atomic mass is 32.2. The van der Waals surface area contributed by atoms with Gasteiger partial charge >= 0.3 is 5.97 Å². The molecule has 1 aliphatic heterocycles. The molecular formula is C20H28N2O5S. The first kappa shape index (κ1) is 20.8. The van der Waals surface area contributed by atoms with Gasteiger partial charge in [-0.2, -0.15) is 4.31 Å². The van der Waals surface area contributed by atoms with E-state index in [9.17, 15) is 18.0 Å². The van der Waals surface area contributed by atoms with Crippen molar-refractivity contribution >= 4 is 21.9 Å². The largest absolute Gasteiger partial charge is 0.469 e. The molecule has 0 saturated carbocycles. The average molecular weight is 409 g/mol. The molecule has 7 nitrogen and oxygen atoms in total. The number of hydrogen-bond acceptors (Lipinski definition) is 5. The van der Waals surface area contributed by atoms with E-state index in [2.05, 4.69) is 10.1 Å². The van der Waals surface area contributed by atoms with Crippen molar-refractivity contribution in [2.45, 2.75) is 49.8 Å². The number of carbonyl (C=O) groups excluding carboxylic acids is 2. The number of rotatable bonds is 6. The number of ether oxygens (including phenoxy) is 1. The predicted molar refractivity (Wildman–Crippen MR) is 104 cm³/mol. The minimum Gasteiger partial charge on any atom is -0.469 e. The maximum Gasteiger partial charge on any atom is 0.307 e. The van der Waals surface area contributed by atoms with Crippen molar-refractivity contribution in [1.82, 2.24) is 9.62 Å². The summed E-state index contributed by atoms with van der Waals surface area (Å²) in [5.74, 6) is -0.728. The number of methoxy groups -OCH3 is 1. The molecule has 1 aromatic carbocycles. The molecule has 3 rings (SSSR count). The van der Waals surface area contributed by atoms with Crippen LogP contribution in [0.3, 0.4) is 0 Å². The van der Waals surface area contributed by atoms with Crippen molar-refractivity contribution in [2.24, 2.45) is 5.92 Å². The van der Waals surface area contributed by atoms with Crippen LogP contribution in [0.1, 0.15) is 43.2 Å². The van der Waals surface area contributed by atoms with Crippen LogP contribution in [0.15, 0.2) is 23.1 Å². The van der Waals surface area contributed by atoms with E-state index in [-0.39, 0.29) is 30.8 Å². The lowest BCUT2D eigenvalue weighted by Gasteiger charge is -2.31. The minimum absolute atomic E-state index is 0.130. The molecule has 1 aliphatic carbocycles. The molecule has 1 fully saturated rings. The van der Waals surface area contributed by atoms with E-state index in [4.69, 9.17) is 0 Å². The molecule has 0 bridgehead atoms. The van der Waals surface area contributed by atoms with Crippen molar-refractivity contribution in [3.63, 3.8) is 0 Å². The quantitative estimate of drug-likeness (QED) is 0.723. The second-order valence-corrected chi connectivity index (χ2v) is 9.37. The SMILES string of the molecule is COC(=O)CCNC(=O)C1CCN(S(=O)(=O)c2ccc3c(c2)CCCC3)CC1. The molecule has 2 aliphatic rings. The Morgan fingerprint density at radius 1 is 1.14 bits per heavy atom. The maximum atomic E-state index is 13.0. The lowest BCUT2D eigenvalue weighted by atomic mass is 9.92. The number of hydrogen-bond donors (Lipinski definition) is 1. The van der Waals surface area contributed by atoms with Crippen molar-refractivity contribution < 1.29 is 22.7 Å². The van der Waals surface area contributed by atoms with Crippen LogP contribution in [0.2, 0.25) is 0 Å². The Morgan fingerprint density at radius 3 is 2.50 bits per heavy atom. The Balaban J connectivity index is 1.56. The molecular weight excluding hydrogens is 380 g/mol. The van der Waals surface area contributed by atoms with E-state index in [1.807, 2.05) is 12.1 Å². The van der Waals surface area contributed by atoms with Gasteiger partial charge in [-0.3, -0.25) is 9.59 Å². The molecule has 154 valence electrons. The number of nitrogens with one attached hydrogen (secondary N) is 1. The zero-order chi connectivity index (χ0) is 20.1. The summed E-state index contributed by atoms with van der Waals surface area (Å²) in [7, 11) is -2.23. The molecule has 0 aromatic heterocycles. The van der Waals surface area contributed by atoms with Crippen molar-refractivity contribution in [2.75, 3.05) is 26.7 Å². The first-order valence-corrected chi connectivity index (χ1v) is 11.3. The number of sulfonamides is 1. The van der Waals surface area contributed by atoms with Gasteiger partial charge in [0.2, 0.25) is 15.9 Å². The normalized spacial score (nSPS) is 18.3. The van der Waals surface area contributed by atoms with Gasteiger partial charge in [-0.1, -0.05) is 6.07 Å². The Bertz CT molecular complexity index is 829. The second kappa shape index (κ2) is 9.05. The van der Waals surface area contributed by atoms with Crippen molar-refractivity contribution in [3.8, 4) is 0 Å². The molecule has 1 amide bonds. The van der Waals surface area contributed by atoms with Gasteiger partial charge in [0.1, 0.15) is 0 Å². The summed E-state index contributed by atoms with van der Waals surface area (Å²) in [5, 5.41) is 2.73. The number of fused-ring (bicyclic) bond motifs is 1. The summed E-state index contributed by atoms with van der Waals surface area (Å²) in [4.78, 5) is 23.7. The maximum absolute atomic E-state index is 13.0. The number of aryl methyl sites for hydroxylation is 2. The van der Waals surface area contributed by atoms with Crippen LogP contribution < -0.4 is 5.32 Å². The number of amides is 1. The highest BCUT2D eigenvalue weighted by Crippen LogP contribution is 2.28. The molecule has 1 aromatic rings. The third kappa shape index (κ3) is 4.72. The van der Waals surface area contributed by atoms with Crippen LogP contribution >= 0.6 is 0 Å². The first-order chi connectivity index (χ1) is 13.4. The van der Waals surface area contributed by atoms with Gasteiger partial charge in [-0.15, -0.1) is 0 Å². The van der Waals surface area contributed by atoms with Crippen molar-refractivity contribution in [3.05, 3.63) is 29.3 Å². The van der Waals surface area contributed by atoms with Gasteiger partial charge in [-0.25, -0.2) is 8.42 Å². The van der Waals surface area contributed by atoms with E-state index in [0.717, 1.165) is 31.2 Å². The summed E-state index contributed by atoms with van der Waals surface area (Å²) in [6, 6.07) is 5.49. The lowest BCUT2D eigenvalue weighted by Crippen LogP contribution is -2.43. The zero-order valence-electron chi connectivity index (χ0n) is 16.3. The standard InChI is InChI=1S/C20H28N2O5S/c1-27-19(23)8-11-21-20(24)16-9-12-22(13-10-16)28(25,26)18-7-6-15-4-2-3-5-17(15)14-18/h6-7,14,16H,2-5,8-13H2,1H3,(H,21,24). The zero-order valence-corrected chi connectivity index (χ0v) is 17.1. The molecule has 0 unspecified atom stereocenters. The Labute approximate surface area is 166 Å². The van der Waals surface area contributed by atoms with E-state index in [1.165, 1.54) is 17.0 Å². The van der Waals surface area contributed by atoms with E-state index >= 15 is 0 Å². The molecule has 0 atom stereocenters. The molecule has 1 saturated heterocycles. The summed E-state index contributed by atoms with van der Waals surface area (Å²) in [6.45, 7) is 0.891. The lowest BCUT2D eigenvalue weighted by molar-refractivity contribution is -0.140. The molecule has 0 spiro atoms. The smallest absolute Gasteiger partial charge is 0.307 e. The molecule has 8 heteroatoms. The summed E-state index contributed by atoms with van der Waals surface area (Å²) in [5.41, 5.74) is 2.40. The monoisotopic (exact) mass is 408 g/mol. The van der Waals surface area contributed by atoms with Gasteiger partial charge < -0.3 is 10.1 Å². The summed E-state index contributed by atoms with van der Waals surface area (Å²) >= 11 is 0. The van der Waals surface area contributed by atoms with Gasteiger partial charge in [0.25, 0.3) is 0 Å². The van der Waals surface area contributed by atoms with E-state index < -0.39 is 10.0 Å². The molecule has 1 N–H and O–H groups in total. The number of esters is 1. The first-order valence-electron chi connectivity index (χ1n) is 9.88. The Hall–Kier alpha value is -1.93. The number of nitrogens with zero attached hydrogens (tertiary/aromatic N) is 1. The van der Waals surface area contributed by atoms with Gasteiger partial charge in [0, 0.05) is 25.6 Å². The topological polar surface area (TPSA) is 92.8 Å². The molecule has 1 heterocycles. The van der Waals surface area contributed by atoms with Crippen LogP contribution in [0.25, 0.3) is 0 Å². The van der Waals surface area contributed by atoms with Crippen molar-refractivity contribution in [1.29, 1.82) is 0 Å². The fraction of sp³-hybridized carbons (Fsp3) is 0.600. The van der Waals surface area contributed by atoms with Crippen LogP contribution in [-0.2, 0) is 37.2 Å². The minimum atomic E-state index is -3.54. The third-order valence-corrected chi connectivity index (χ3v) is 7.53. The third-order valence-electron chi connectivity index (χ3n) is 5.64. The molecule has 28 heavy (non-hydrogen) atoms. The highest BCUT2D eigenvalue weighted by molar-refractivity contribution is 7.89. The predicted octanol–water partition coefficient (Wildman–Crippen LogP) is 1.65. The van der Waals surface area contributed by atoms with Gasteiger partial charge in [0.15, 0.2) is 0 Å². The van der Waals surface area contributed by atoms with Crippen LogP contribution in [0.4, 0.5) is 0 Å². The van der Waals surface area contributed by atoms with Gasteiger partial charge in [0.05, 0.1) is 18.4 Å². The second-order valence-electron chi connectivity index (χ2n) is 7.43. The summed E-state index contributed by atoms with van der Waals surface area (Å²) in [6.07, 6.45) is 5.32. The summed E-state index contributed by atoms with van der Waals surface area (Å²) < 4.78 is 32.0. The van der Waals surface area contributed by atoms with Crippen LogP contribution in [0, 0.1) is 5.92 Å². The molecule has 0 radical (unpaired) electrons. The van der Waals surface area contributed by atoms with Gasteiger partial charge in [-0.05, 0) is 61.8 Å². The van der Waals surface area contributed by atoms with E-state index in [0.29, 0.717) is 30.8 Å². The highest BCUT2D eigenvalue weighted by Gasteiger charge is 2.32. The fourth-order valence-electron chi connectivity index (χ4n) is 3.91. The fourth-order valence-corrected chi connectivity index (χ4v) is 5.43. The number of piperidine rings is 1.